The Kier molecular flexibility index (Phi) is 1.10. The molecule has 1 aliphatic heterocycles. The van der Waals surface area contributed by atoms with Crippen LogP contribution in [-0.4, -0.2) is 11.2 Å². The summed E-state index contributed by atoms with van der Waals surface area (Å²) in [5.41, 5.74) is 2.70. The summed E-state index contributed by atoms with van der Waals surface area (Å²) in [5, 5.41) is 3.71. The van der Waals surface area contributed by atoms with E-state index in [-0.39, 0.29) is 0 Å². The molecule has 6 heavy (non-hydrogen) atoms. The molecule has 3 heteroatoms. The van der Waals surface area contributed by atoms with Crippen molar-refractivity contribution >= 4 is 20.6 Å². The van der Waals surface area contributed by atoms with E-state index in [0.717, 1.165) is 11.2 Å². The monoisotopic (exact) mass is 146 g/mol. The second kappa shape index (κ2) is 1.60. The maximum atomic E-state index is 3.71. The van der Waals surface area contributed by atoms with Crippen molar-refractivity contribution in [1.82, 2.24) is 5.43 Å². The first kappa shape index (κ1) is 4.12. The summed E-state index contributed by atoms with van der Waals surface area (Å²) in [4.78, 5) is 0. The van der Waals surface area contributed by atoms with Crippen LogP contribution in [0.5, 0.6) is 0 Å². The van der Waals surface area contributed by atoms with E-state index in [1.165, 1.54) is 0 Å². The van der Waals surface area contributed by atoms with Gasteiger partial charge in [0.2, 0.25) is 0 Å². The lowest BCUT2D eigenvalue weighted by atomic mass is 10.5. The predicted molar refractivity (Wildman–Crippen MR) is 27.6 cm³/mol. The lowest BCUT2D eigenvalue weighted by Gasteiger charge is -1.75. The van der Waals surface area contributed by atoms with E-state index in [2.05, 4.69) is 32.9 Å². The van der Waals surface area contributed by atoms with Gasteiger partial charge in [-0.05, 0) is 15.9 Å². The van der Waals surface area contributed by atoms with Crippen LogP contribution in [0.1, 0.15) is 0 Å². The van der Waals surface area contributed by atoms with Crippen LogP contribution < -0.4 is 5.43 Å². The van der Waals surface area contributed by atoms with Gasteiger partial charge in [-0.2, -0.15) is 5.10 Å². The molecule has 2 nitrogen and oxygen atoms in total. The molecule has 0 bridgehead atoms. The molecule has 1 rings (SSSR count). The molecule has 0 saturated carbocycles. The highest BCUT2D eigenvalue weighted by atomic mass is 79.9. The molecule has 0 aromatic rings. The maximum Gasteiger partial charge on any atom is 0.113 e. The highest BCUT2D eigenvalue weighted by molar-refractivity contribution is 9.18. The summed E-state index contributed by atoms with van der Waals surface area (Å²) >= 11 is 3.11. The Balaban J connectivity index is 2.45. The molecule has 0 atom stereocenters. The molecule has 1 heterocycles. The van der Waals surface area contributed by atoms with Crippen LogP contribution >= 0.6 is 15.9 Å². The van der Waals surface area contributed by atoms with E-state index in [9.17, 15) is 0 Å². The summed E-state index contributed by atoms with van der Waals surface area (Å²) in [6, 6.07) is 0. The van der Waals surface area contributed by atoms with Crippen LogP contribution in [0.15, 0.2) is 5.10 Å². The summed E-state index contributed by atoms with van der Waals surface area (Å²) in [6.45, 7) is 0.737. The molecule has 1 N–H and O–H groups in total. The van der Waals surface area contributed by atoms with Crippen LogP contribution in [0.3, 0.4) is 0 Å². The van der Waals surface area contributed by atoms with Crippen molar-refractivity contribution in [1.29, 1.82) is 0 Å². The molecule has 0 spiro atoms. The number of hydrogen-bond donors (Lipinski definition) is 1. The van der Waals surface area contributed by atoms with Crippen LogP contribution in [0.25, 0.3) is 0 Å². The Morgan fingerprint density at radius 2 is 2.83 bits per heavy atom. The van der Waals surface area contributed by atoms with Crippen molar-refractivity contribution in [3.05, 3.63) is 6.42 Å². The van der Waals surface area contributed by atoms with Crippen LogP contribution in [0.2, 0.25) is 0 Å². The molecule has 1 aliphatic rings. The minimum atomic E-state index is 0.737. The number of nitrogens with zero attached hydrogens (tertiary/aromatic N) is 1. The Labute approximate surface area is 44.7 Å². The zero-order valence-electron chi connectivity index (χ0n) is 3.03. The smallest absolute Gasteiger partial charge is 0.113 e. The highest BCUT2D eigenvalue weighted by Crippen LogP contribution is 1.96. The second-order valence-corrected chi connectivity index (χ2v) is 1.67. The zero-order chi connectivity index (χ0) is 4.41. The van der Waals surface area contributed by atoms with Crippen molar-refractivity contribution in [2.45, 2.75) is 0 Å². The first-order chi connectivity index (χ1) is 2.89. The van der Waals surface area contributed by atoms with E-state index in [4.69, 9.17) is 0 Å². The van der Waals surface area contributed by atoms with Crippen molar-refractivity contribution in [3.8, 4) is 0 Å². The van der Waals surface area contributed by atoms with Gasteiger partial charge < -0.3 is 5.43 Å². The number of hydrogen-bond acceptors (Lipinski definition) is 2. The second-order valence-electron chi connectivity index (χ2n) is 0.914. The van der Waals surface area contributed by atoms with Crippen LogP contribution in [0.4, 0.5) is 0 Å². The molecule has 0 aliphatic carbocycles. The molecule has 0 aromatic heterocycles. The lowest BCUT2D eigenvalue weighted by molar-refractivity contribution is 0.854. The Bertz CT molecular complexity index is 78.9. The average molecular weight is 147 g/mol. The van der Waals surface area contributed by atoms with Crippen molar-refractivity contribution in [3.63, 3.8) is 0 Å². The molecule has 0 aromatic carbocycles. The fourth-order valence-corrected chi connectivity index (χ4v) is 0.526. The number of nitrogens with one attached hydrogen (secondary N) is 1. The standard InChI is InChI=1S/C3H3BrN2/c4-3-1-2-5-6-3/h5H,2H2. The van der Waals surface area contributed by atoms with Gasteiger partial charge in [-0.3, -0.25) is 0 Å². The summed E-state index contributed by atoms with van der Waals surface area (Å²) in [5.74, 6) is 0. The maximum absolute atomic E-state index is 3.71. The van der Waals surface area contributed by atoms with E-state index in [1.807, 2.05) is 0 Å². The van der Waals surface area contributed by atoms with E-state index in [1.54, 1.807) is 0 Å². The normalized spacial score (nSPS) is 19.8. The van der Waals surface area contributed by atoms with Crippen LogP contribution in [0, 0.1) is 6.42 Å². The first-order valence-corrected chi connectivity index (χ1v) is 2.39. The summed E-state index contributed by atoms with van der Waals surface area (Å²) < 4.78 is 0.780. The minimum absolute atomic E-state index is 0.737. The Hall–Kier alpha value is -0.0500. The molecule has 0 unspecified atom stereocenters. The number of rotatable bonds is 0. The van der Waals surface area contributed by atoms with E-state index < -0.39 is 0 Å². The SMILES string of the molecule is BrC1=NNC[C]1. The van der Waals surface area contributed by atoms with Gasteiger partial charge in [0.15, 0.2) is 0 Å². The third-order valence-electron chi connectivity index (χ3n) is 0.491. The summed E-state index contributed by atoms with van der Waals surface area (Å²) in [6.07, 6.45) is 2.88. The van der Waals surface area contributed by atoms with E-state index in [0.29, 0.717) is 0 Å². The largest absolute Gasteiger partial charge is 0.308 e. The van der Waals surface area contributed by atoms with Gasteiger partial charge >= 0.3 is 0 Å². The highest BCUT2D eigenvalue weighted by Gasteiger charge is 1.99. The van der Waals surface area contributed by atoms with Gasteiger partial charge in [0.25, 0.3) is 0 Å². The molecule has 32 valence electrons. The predicted octanol–water partition coefficient (Wildman–Crippen LogP) is 0.379. The van der Waals surface area contributed by atoms with Gasteiger partial charge in [0, 0.05) is 6.54 Å². The number of hydrazone groups is 1. The van der Waals surface area contributed by atoms with Crippen LogP contribution in [-0.2, 0) is 0 Å². The van der Waals surface area contributed by atoms with Gasteiger partial charge in [-0.25, -0.2) is 0 Å². The molecular weight excluding hydrogens is 144 g/mol. The quantitative estimate of drug-likeness (QED) is 0.526. The minimum Gasteiger partial charge on any atom is -0.308 e. The average Bonchev–Trinajstić information content (AvgIpc) is 1.86. The van der Waals surface area contributed by atoms with Gasteiger partial charge in [-0.15, -0.1) is 0 Å². The van der Waals surface area contributed by atoms with Crippen molar-refractivity contribution in [2.24, 2.45) is 5.10 Å². The third kappa shape index (κ3) is 0.712. The topological polar surface area (TPSA) is 24.4 Å². The zero-order valence-corrected chi connectivity index (χ0v) is 4.62. The first-order valence-electron chi connectivity index (χ1n) is 1.59. The van der Waals surface area contributed by atoms with Gasteiger partial charge in [0.05, 0.1) is 6.42 Å². The van der Waals surface area contributed by atoms with E-state index >= 15 is 0 Å². The van der Waals surface area contributed by atoms with Gasteiger partial charge in [-0.1, -0.05) is 0 Å². The molecule has 0 amide bonds. The van der Waals surface area contributed by atoms with Crippen molar-refractivity contribution in [2.75, 3.05) is 6.54 Å². The summed E-state index contributed by atoms with van der Waals surface area (Å²) in [7, 11) is 0. The molecule has 0 fully saturated rings. The molecular formula is C3H3BrN2. The fraction of sp³-hybridized carbons (Fsp3) is 0.333. The Morgan fingerprint density at radius 3 is 3.00 bits per heavy atom. The van der Waals surface area contributed by atoms with Gasteiger partial charge in [0.1, 0.15) is 4.62 Å². The fourth-order valence-electron chi connectivity index (χ4n) is 0.261. The third-order valence-corrected chi connectivity index (χ3v) is 0.948. The Morgan fingerprint density at radius 1 is 2.00 bits per heavy atom. The molecule has 2 radical (unpaired) electrons. The number of halogens is 1. The lowest BCUT2D eigenvalue weighted by Crippen LogP contribution is -1.97. The van der Waals surface area contributed by atoms with Crippen molar-refractivity contribution < 1.29 is 0 Å². The molecule has 0 saturated heterocycles.